The lowest BCUT2D eigenvalue weighted by Gasteiger charge is -2.13. The van der Waals surface area contributed by atoms with Crippen LogP contribution >= 0.6 is 11.5 Å². The predicted molar refractivity (Wildman–Crippen MR) is 68.2 cm³/mol. The Morgan fingerprint density at radius 2 is 2.12 bits per heavy atom. The second kappa shape index (κ2) is 5.59. The quantitative estimate of drug-likeness (QED) is 0.856. The average molecular weight is 240 g/mol. The lowest BCUT2D eigenvalue weighted by atomic mass is 10.2. The second-order valence-corrected chi connectivity index (χ2v) is 5.34. The van der Waals surface area contributed by atoms with E-state index in [0.717, 1.165) is 24.0 Å². The van der Waals surface area contributed by atoms with E-state index in [2.05, 4.69) is 33.4 Å². The van der Waals surface area contributed by atoms with Crippen molar-refractivity contribution in [3.05, 3.63) is 5.82 Å². The summed E-state index contributed by atoms with van der Waals surface area (Å²) in [6, 6.07) is 0. The first-order valence-electron chi connectivity index (χ1n) is 6.05. The Bertz CT molecular complexity index is 318. The molecule has 1 fully saturated rings. The molecule has 0 aliphatic carbocycles. The molecule has 4 nitrogen and oxygen atoms in total. The molecular weight excluding hydrogens is 220 g/mol. The van der Waals surface area contributed by atoms with E-state index < -0.39 is 0 Å². The average Bonchev–Trinajstić information content (AvgIpc) is 2.87. The fraction of sp³-hybridized carbons (Fsp3) is 0.818. The van der Waals surface area contributed by atoms with Gasteiger partial charge in [0.2, 0.25) is 5.13 Å². The number of nitrogens with one attached hydrogen (secondary N) is 1. The summed E-state index contributed by atoms with van der Waals surface area (Å²) in [7, 11) is 0. The van der Waals surface area contributed by atoms with Crippen LogP contribution < -0.4 is 5.32 Å². The van der Waals surface area contributed by atoms with Crippen LogP contribution in [0.1, 0.15) is 38.4 Å². The number of likely N-dealkylation sites (tertiary alicyclic amines) is 1. The van der Waals surface area contributed by atoms with Crippen molar-refractivity contribution >= 4 is 16.7 Å². The van der Waals surface area contributed by atoms with Gasteiger partial charge in [0.25, 0.3) is 0 Å². The highest BCUT2D eigenvalue weighted by Crippen LogP contribution is 2.17. The maximum atomic E-state index is 4.45. The van der Waals surface area contributed by atoms with Gasteiger partial charge in [0.1, 0.15) is 5.82 Å². The van der Waals surface area contributed by atoms with E-state index in [4.69, 9.17) is 0 Å². The zero-order valence-electron chi connectivity index (χ0n) is 10.1. The van der Waals surface area contributed by atoms with Gasteiger partial charge in [0.05, 0.1) is 0 Å². The number of hydrogen-bond acceptors (Lipinski definition) is 5. The normalized spacial score (nSPS) is 17.2. The van der Waals surface area contributed by atoms with Gasteiger partial charge in [-0.3, -0.25) is 0 Å². The molecule has 1 saturated heterocycles. The zero-order chi connectivity index (χ0) is 11.4. The lowest BCUT2D eigenvalue weighted by molar-refractivity contribution is 0.352. The van der Waals surface area contributed by atoms with Crippen LogP contribution in [0.3, 0.4) is 0 Å². The Hall–Kier alpha value is -0.680. The number of aromatic nitrogens is 2. The molecule has 0 unspecified atom stereocenters. The first kappa shape index (κ1) is 11.8. The second-order valence-electron chi connectivity index (χ2n) is 4.59. The fourth-order valence-electron chi connectivity index (χ4n) is 1.87. The van der Waals surface area contributed by atoms with Crippen molar-refractivity contribution in [2.45, 2.75) is 32.6 Å². The molecule has 0 aromatic carbocycles. The molecule has 16 heavy (non-hydrogen) atoms. The molecule has 90 valence electrons. The van der Waals surface area contributed by atoms with Crippen molar-refractivity contribution in [3.63, 3.8) is 0 Å². The fourth-order valence-corrected chi connectivity index (χ4v) is 2.60. The summed E-state index contributed by atoms with van der Waals surface area (Å²) < 4.78 is 4.32. The first-order chi connectivity index (χ1) is 7.75. The van der Waals surface area contributed by atoms with Crippen molar-refractivity contribution in [2.24, 2.45) is 0 Å². The Kier molecular flexibility index (Phi) is 4.12. The molecule has 0 bridgehead atoms. The number of rotatable bonds is 5. The van der Waals surface area contributed by atoms with Crippen LogP contribution in [0.2, 0.25) is 0 Å². The molecule has 1 aliphatic rings. The van der Waals surface area contributed by atoms with Crippen LogP contribution in [0.5, 0.6) is 0 Å². The molecule has 0 saturated carbocycles. The third-order valence-electron chi connectivity index (χ3n) is 2.86. The molecule has 0 radical (unpaired) electrons. The standard InChI is InChI=1S/C11H20N4S/c1-9(2)10-13-11(16-14-10)12-5-8-15-6-3-4-7-15/h9H,3-8H2,1-2H3,(H,12,13,14). The van der Waals surface area contributed by atoms with Gasteiger partial charge in [-0.1, -0.05) is 13.8 Å². The maximum absolute atomic E-state index is 4.45. The summed E-state index contributed by atoms with van der Waals surface area (Å²) >= 11 is 1.47. The molecule has 0 amide bonds. The Labute approximate surface area is 101 Å². The summed E-state index contributed by atoms with van der Waals surface area (Å²) in [5.41, 5.74) is 0. The molecule has 2 heterocycles. The summed E-state index contributed by atoms with van der Waals surface area (Å²) in [5.74, 6) is 1.37. The van der Waals surface area contributed by atoms with Gasteiger partial charge in [0.15, 0.2) is 0 Å². The molecule has 5 heteroatoms. The van der Waals surface area contributed by atoms with E-state index in [9.17, 15) is 0 Å². The Morgan fingerprint density at radius 3 is 2.75 bits per heavy atom. The summed E-state index contributed by atoms with van der Waals surface area (Å²) in [6.07, 6.45) is 2.71. The van der Waals surface area contributed by atoms with Crippen LogP contribution in [0.4, 0.5) is 5.13 Å². The van der Waals surface area contributed by atoms with Crippen molar-refractivity contribution in [3.8, 4) is 0 Å². The van der Waals surface area contributed by atoms with E-state index in [1.165, 1.54) is 37.5 Å². The van der Waals surface area contributed by atoms with Crippen LogP contribution in [-0.2, 0) is 0 Å². The summed E-state index contributed by atoms with van der Waals surface area (Å²) in [4.78, 5) is 6.95. The van der Waals surface area contributed by atoms with Crippen molar-refractivity contribution in [1.29, 1.82) is 0 Å². The Balaban J connectivity index is 1.72. The first-order valence-corrected chi connectivity index (χ1v) is 6.83. The van der Waals surface area contributed by atoms with Crippen LogP contribution in [-0.4, -0.2) is 40.4 Å². The zero-order valence-corrected chi connectivity index (χ0v) is 10.9. The van der Waals surface area contributed by atoms with Crippen molar-refractivity contribution in [1.82, 2.24) is 14.3 Å². The van der Waals surface area contributed by atoms with E-state index in [1.54, 1.807) is 0 Å². The lowest BCUT2D eigenvalue weighted by Crippen LogP contribution is -2.25. The molecular formula is C11H20N4S. The molecule has 1 aliphatic heterocycles. The van der Waals surface area contributed by atoms with Crippen LogP contribution in [0.15, 0.2) is 0 Å². The smallest absolute Gasteiger partial charge is 0.202 e. The van der Waals surface area contributed by atoms with Gasteiger partial charge >= 0.3 is 0 Å². The number of anilines is 1. The van der Waals surface area contributed by atoms with Gasteiger partial charge in [-0.25, -0.2) is 4.98 Å². The van der Waals surface area contributed by atoms with Gasteiger partial charge in [-0.15, -0.1) is 0 Å². The Morgan fingerprint density at radius 1 is 1.38 bits per heavy atom. The molecule has 2 rings (SSSR count). The van der Waals surface area contributed by atoms with Gasteiger partial charge in [0, 0.05) is 30.5 Å². The highest BCUT2D eigenvalue weighted by molar-refractivity contribution is 7.09. The minimum Gasteiger partial charge on any atom is -0.359 e. The molecule has 1 aromatic heterocycles. The monoisotopic (exact) mass is 240 g/mol. The van der Waals surface area contributed by atoms with Crippen molar-refractivity contribution in [2.75, 3.05) is 31.5 Å². The molecule has 1 aromatic rings. The van der Waals surface area contributed by atoms with Crippen molar-refractivity contribution < 1.29 is 0 Å². The number of nitrogens with zero attached hydrogens (tertiary/aromatic N) is 3. The minimum atomic E-state index is 0.422. The summed E-state index contributed by atoms with van der Waals surface area (Å²) in [5, 5.41) is 4.31. The topological polar surface area (TPSA) is 41.1 Å². The SMILES string of the molecule is CC(C)c1nsc(NCCN2CCCC2)n1. The van der Waals surface area contributed by atoms with Gasteiger partial charge < -0.3 is 10.2 Å². The summed E-state index contributed by atoms with van der Waals surface area (Å²) in [6.45, 7) is 8.86. The largest absolute Gasteiger partial charge is 0.359 e. The molecule has 1 N–H and O–H groups in total. The predicted octanol–water partition coefficient (Wildman–Crippen LogP) is 2.17. The van der Waals surface area contributed by atoms with E-state index in [1.807, 2.05) is 0 Å². The third kappa shape index (κ3) is 3.15. The van der Waals surface area contributed by atoms with E-state index in [0.29, 0.717) is 5.92 Å². The highest BCUT2D eigenvalue weighted by Gasteiger charge is 2.11. The minimum absolute atomic E-state index is 0.422. The number of hydrogen-bond donors (Lipinski definition) is 1. The highest BCUT2D eigenvalue weighted by atomic mass is 32.1. The van der Waals surface area contributed by atoms with E-state index >= 15 is 0 Å². The van der Waals surface area contributed by atoms with Gasteiger partial charge in [-0.2, -0.15) is 4.37 Å². The van der Waals surface area contributed by atoms with Crippen LogP contribution in [0, 0.1) is 0 Å². The third-order valence-corrected chi connectivity index (χ3v) is 3.55. The van der Waals surface area contributed by atoms with Crippen LogP contribution in [0.25, 0.3) is 0 Å². The van der Waals surface area contributed by atoms with Gasteiger partial charge in [-0.05, 0) is 25.9 Å². The maximum Gasteiger partial charge on any atom is 0.202 e. The molecule has 0 spiro atoms. The van der Waals surface area contributed by atoms with E-state index in [-0.39, 0.29) is 0 Å². The molecule has 0 atom stereocenters.